The van der Waals surface area contributed by atoms with Gasteiger partial charge in [-0.05, 0) is 42.8 Å². The zero-order chi connectivity index (χ0) is 18.8. The number of hydrazone groups is 1. The van der Waals surface area contributed by atoms with Crippen LogP contribution in [0.1, 0.15) is 20.9 Å². The Bertz CT molecular complexity index is 1150. The number of carbonyl (C=O) groups is 1. The van der Waals surface area contributed by atoms with Crippen LogP contribution in [-0.4, -0.2) is 27.0 Å². The average Bonchev–Trinajstić information content (AvgIpc) is 3.23. The number of nitrogens with zero attached hydrogens (tertiary/aromatic N) is 3. The molecule has 1 amide bonds. The van der Waals surface area contributed by atoms with Gasteiger partial charge in [-0.25, -0.2) is 10.1 Å². The molecule has 4 rings (SSSR count). The van der Waals surface area contributed by atoms with Gasteiger partial charge in [0, 0.05) is 5.39 Å². The zero-order valence-electron chi connectivity index (χ0n) is 14.5. The lowest BCUT2D eigenvalue weighted by atomic mass is 10.2. The lowest BCUT2D eigenvalue weighted by Gasteiger charge is -2.01. The summed E-state index contributed by atoms with van der Waals surface area (Å²) < 4.78 is 1.85. The molecule has 7 heteroatoms. The molecular formula is C20H16N4O2S. The van der Waals surface area contributed by atoms with Crippen LogP contribution < -0.4 is 5.43 Å². The highest BCUT2D eigenvalue weighted by Crippen LogP contribution is 2.30. The van der Waals surface area contributed by atoms with Crippen molar-refractivity contribution in [1.82, 2.24) is 15.2 Å². The number of benzene rings is 2. The van der Waals surface area contributed by atoms with Crippen LogP contribution in [0.25, 0.3) is 15.9 Å². The smallest absolute Gasteiger partial charge is 0.281 e. The molecule has 134 valence electrons. The maximum atomic E-state index is 12.4. The van der Waals surface area contributed by atoms with Crippen molar-refractivity contribution in [2.75, 3.05) is 0 Å². The first-order chi connectivity index (χ1) is 13.1. The summed E-state index contributed by atoms with van der Waals surface area (Å²) >= 11 is 1.37. The Labute approximate surface area is 159 Å². The van der Waals surface area contributed by atoms with Crippen LogP contribution in [0.4, 0.5) is 0 Å². The maximum Gasteiger partial charge on any atom is 0.281 e. The normalized spacial score (nSPS) is 11.3. The van der Waals surface area contributed by atoms with Gasteiger partial charge in [0.15, 0.2) is 0 Å². The molecule has 0 atom stereocenters. The summed E-state index contributed by atoms with van der Waals surface area (Å²) in [5, 5.41) is 18.9. The predicted molar refractivity (Wildman–Crippen MR) is 107 cm³/mol. The van der Waals surface area contributed by atoms with Gasteiger partial charge in [-0.15, -0.1) is 11.3 Å². The molecule has 2 aromatic heterocycles. The Morgan fingerprint density at radius 3 is 2.78 bits per heavy atom. The number of hydrogen-bond donors (Lipinski definition) is 2. The summed E-state index contributed by atoms with van der Waals surface area (Å²) in [6.45, 7) is 1.93. The van der Waals surface area contributed by atoms with Gasteiger partial charge in [-0.1, -0.05) is 30.3 Å². The topological polar surface area (TPSA) is 79.5 Å². The fourth-order valence-electron chi connectivity index (χ4n) is 2.73. The number of aryl methyl sites for hydroxylation is 1. The predicted octanol–water partition coefficient (Wildman–Crippen LogP) is 3.86. The van der Waals surface area contributed by atoms with Crippen LogP contribution in [0, 0.1) is 6.92 Å². The Balaban J connectivity index is 1.58. The minimum atomic E-state index is -0.286. The summed E-state index contributed by atoms with van der Waals surface area (Å²) in [6.07, 6.45) is 1.49. The van der Waals surface area contributed by atoms with E-state index in [9.17, 15) is 9.90 Å². The third-order valence-corrected chi connectivity index (χ3v) is 5.13. The van der Waals surface area contributed by atoms with E-state index < -0.39 is 0 Å². The fourth-order valence-corrected chi connectivity index (χ4v) is 3.80. The third-order valence-electron chi connectivity index (χ3n) is 4.02. The molecule has 0 spiro atoms. The van der Waals surface area contributed by atoms with E-state index in [1.54, 1.807) is 24.3 Å². The first-order valence-corrected chi connectivity index (χ1v) is 9.10. The molecule has 2 aromatic carbocycles. The van der Waals surface area contributed by atoms with Gasteiger partial charge in [0.05, 0.1) is 22.5 Å². The molecule has 4 aromatic rings. The number of rotatable bonds is 4. The van der Waals surface area contributed by atoms with Crippen molar-refractivity contribution in [2.45, 2.75) is 6.92 Å². The Kier molecular flexibility index (Phi) is 4.43. The van der Waals surface area contributed by atoms with Crippen molar-refractivity contribution in [2.24, 2.45) is 5.10 Å². The first-order valence-electron chi connectivity index (χ1n) is 8.29. The molecule has 27 heavy (non-hydrogen) atoms. The van der Waals surface area contributed by atoms with Crippen LogP contribution >= 0.6 is 11.3 Å². The highest BCUT2D eigenvalue weighted by Gasteiger charge is 2.16. The number of nitrogens with one attached hydrogen (secondary N) is 1. The zero-order valence-corrected chi connectivity index (χ0v) is 15.3. The molecule has 0 unspecified atom stereocenters. The summed E-state index contributed by atoms with van der Waals surface area (Å²) in [6, 6.07) is 18.3. The van der Waals surface area contributed by atoms with Crippen molar-refractivity contribution in [3.05, 3.63) is 76.8 Å². The minimum Gasteiger partial charge on any atom is -0.508 e. The quantitative estimate of drug-likeness (QED) is 0.419. The molecule has 0 aliphatic carbocycles. The van der Waals surface area contributed by atoms with Crippen LogP contribution in [0.2, 0.25) is 0 Å². The molecule has 6 nitrogen and oxygen atoms in total. The van der Waals surface area contributed by atoms with Gasteiger partial charge in [0.1, 0.15) is 10.6 Å². The van der Waals surface area contributed by atoms with Crippen molar-refractivity contribution in [1.29, 1.82) is 0 Å². The number of phenolic OH excluding ortho intramolecular Hbond substituents is 1. The van der Waals surface area contributed by atoms with Crippen molar-refractivity contribution in [3.63, 3.8) is 0 Å². The number of carbonyl (C=O) groups excluding carboxylic acids is 1. The van der Waals surface area contributed by atoms with Gasteiger partial charge >= 0.3 is 0 Å². The number of fused-ring (bicyclic) bond motifs is 1. The van der Waals surface area contributed by atoms with Crippen LogP contribution in [0.15, 0.2) is 65.8 Å². The van der Waals surface area contributed by atoms with E-state index in [1.165, 1.54) is 17.6 Å². The maximum absolute atomic E-state index is 12.4. The Morgan fingerprint density at radius 2 is 2.00 bits per heavy atom. The molecule has 0 aliphatic rings. The first kappa shape index (κ1) is 17.0. The second kappa shape index (κ2) is 7.05. The van der Waals surface area contributed by atoms with Crippen LogP contribution in [-0.2, 0) is 0 Å². The van der Waals surface area contributed by atoms with E-state index in [-0.39, 0.29) is 11.7 Å². The molecule has 2 N–H and O–H groups in total. The van der Waals surface area contributed by atoms with E-state index in [1.807, 2.05) is 48.0 Å². The summed E-state index contributed by atoms with van der Waals surface area (Å²) in [5.74, 6) is -0.137. The molecule has 2 heterocycles. The van der Waals surface area contributed by atoms with Crippen molar-refractivity contribution < 1.29 is 9.90 Å². The molecule has 0 aliphatic heterocycles. The number of hydrogen-bond acceptors (Lipinski definition) is 5. The van der Waals surface area contributed by atoms with Crippen molar-refractivity contribution in [3.8, 4) is 11.4 Å². The second-order valence-corrected chi connectivity index (χ2v) is 6.99. The number of amides is 1. The largest absolute Gasteiger partial charge is 0.508 e. The van der Waals surface area contributed by atoms with Crippen LogP contribution in [0.5, 0.6) is 5.75 Å². The van der Waals surface area contributed by atoms with Gasteiger partial charge in [0.2, 0.25) is 0 Å². The lowest BCUT2D eigenvalue weighted by molar-refractivity contribution is 0.0959. The molecular weight excluding hydrogens is 360 g/mol. The number of phenols is 1. The fraction of sp³-hybridized carbons (Fsp3) is 0.0500. The Morgan fingerprint density at radius 1 is 1.19 bits per heavy atom. The summed E-state index contributed by atoms with van der Waals surface area (Å²) in [4.78, 5) is 13.9. The van der Waals surface area contributed by atoms with E-state index in [0.717, 1.165) is 21.6 Å². The van der Waals surface area contributed by atoms with Gasteiger partial charge in [-0.2, -0.15) is 10.2 Å². The molecule has 0 bridgehead atoms. The second-order valence-electron chi connectivity index (χ2n) is 5.96. The van der Waals surface area contributed by atoms with Gasteiger partial charge in [-0.3, -0.25) is 4.79 Å². The van der Waals surface area contributed by atoms with E-state index >= 15 is 0 Å². The summed E-state index contributed by atoms with van der Waals surface area (Å²) in [5.41, 5.74) is 5.04. The highest BCUT2D eigenvalue weighted by atomic mass is 32.1. The SMILES string of the molecule is Cc1nn(-c2ccccc2)c2sc(C(=O)N/N=C/c3cccc(O)c3)cc12. The van der Waals surface area contributed by atoms with E-state index in [2.05, 4.69) is 15.6 Å². The molecule has 0 fully saturated rings. The van der Waals surface area contributed by atoms with E-state index in [0.29, 0.717) is 10.4 Å². The van der Waals surface area contributed by atoms with Gasteiger partial charge in [0.25, 0.3) is 5.91 Å². The number of para-hydroxylation sites is 1. The molecule has 0 saturated carbocycles. The molecule has 0 saturated heterocycles. The average molecular weight is 376 g/mol. The third kappa shape index (κ3) is 3.45. The number of thiophene rings is 1. The standard InChI is InChI=1S/C20H16N4O2S/c1-13-17-11-18(19(26)22-21-12-14-6-5-9-16(25)10-14)27-20(17)24(23-13)15-7-3-2-4-8-15/h2-12,25H,1H3,(H,22,26)/b21-12+. The van der Waals surface area contributed by atoms with Gasteiger partial charge < -0.3 is 5.11 Å². The lowest BCUT2D eigenvalue weighted by Crippen LogP contribution is -2.16. The highest BCUT2D eigenvalue weighted by molar-refractivity contribution is 7.20. The number of aromatic hydroxyl groups is 1. The Hall–Kier alpha value is -3.45. The van der Waals surface area contributed by atoms with Crippen LogP contribution in [0.3, 0.4) is 0 Å². The molecule has 0 radical (unpaired) electrons. The summed E-state index contributed by atoms with van der Waals surface area (Å²) in [7, 11) is 0. The minimum absolute atomic E-state index is 0.149. The van der Waals surface area contributed by atoms with Crippen molar-refractivity contribution >= 4 is 33.7 Å². The van der Waals surface area contributed by atoms with E-state index in [4.69, 9.17) is 0 Å². The number of aromatic nitrogens is 2. The monoisotopic (exact) mass is 376 g/mol.